The molecule has 1 fully saturated rings. The second-order valence-electron chi connectivity index (χ2n) is 6.38. The van der Waals surface area contributed by atoms with Gasteiger partial charge in [0, 0.05) is 13.6 Å². The lowest BCUT2D eigenvalue weighted by atomic mass is 9.92. The van der Waals surface area contributed by atoms with Crippen LogP contribution in [0.3, 0.4) is 0 Å². The first-order chi connectivity index (χ1) is 9.82. The van der Waals surface area contributed by atoms with Gasteiger partial charge in [-0.05, 0) is 25.2 Å². The number of carbonyl (C=O) groups is 2. The average Bonchev–Trinajstić information content (AvgIpc) is 2.42. The maximum absolute atomic E-state index is 12.1. The molecule has 21 heavy (non-hydrogen) atoms. The molecular weight excluding hydrogens is 272 g/mol. The predicted octanol–water partition coefficient (Wildman–Crippen LogP) is 1.68. The molecule has 1 saturated carbocycles. The van der Waals surface area contributed by atoms with Crippen LogP contribution in [0, 0.1) is 11.8 Å². The number of nitrogens with one attached hydrogen (secondary N) is 1. The summed E-state index contributed by atoms with van der Waals surface area (Å²) in [4.78, 5) is 24.8. The van der Waals surface area contributed by atoms with Gasteiger partial charge in [-0.3, -0.25) is 4.79 Å². The third-order valence-corrected chi connectivity index (χ3v) is 4.12. The van der Waals surface area contributed by atoms with Gasteiger partial charge in [-0.1, -0.05) is 26.7 Å². The largest absolute Gasteiger partial charge is 0.481 e. The van der Waals surface area contributed by atoms with Crippen molar-refractivity contribution in [1.82, 2.24) is 10.2 Å². The SMILES string of the molecule is CC(C)CC(CNC(=O)N(C)C1CCCCC1O)C(=O)O. The Kier molecular flexibility index (Phi) is 6.95. The fourth-order valence-electron chi connectivity index (χ4n) is 2.87. The van der Waals surface area contributed by atoms with Crippen LogP contribution < -0.4 is 5.32 Å². The Morgan fingerprint density at radius 1 is 1.29 bits per heavy atom. The van der Waals surface area contributed by atoms with E-state index < -0.39 is 18.0 Å². The van der Waals surface area contributed by atoms with Crippen LogP contribution in [0.2, 0.25) is 0 Å². The van der Waals surface area contributed by atoms with Gasteiger partial charge in [-0.15, -0.1) is 0 Å². The lowest BCUT2D eigenvalue weighted by Crippen LogP contribution is -2.51. The number of carboxylic acids is 1. The van der Waals surface area contributed by atoms with E-state index in [1.54, 1.807) is 7.05 Å². The molecule has 0 bridgehead atoms. The molecule has 0 aliphatic heterocycles. The number of nitrogens with zero attached hydrogens (tertiary/aromatic N) is 1. The smallest absolute Gasteiger partial charge is 0.317 e. The molecule has 3 unspecified atom stereocenters. The molecule has 122 valence electrons. The van der Waals surface area contributed by atoms with Crippen LogP contribution in [-0.4, -0.2) is 52.9 Å². The number of rotatable bonds is 6. The highest BCUT2D eigenvalue weighted by Crippen LogP contribution is 2.22. The molecule has 2 amide bonds. The Balaban J connectivity index is 2.49. The first-order valence-corrected chi connectivity index (χ1v) is 7.74. The van der Waals surface area contributed by atoms with Gasteiger partial charge in [0.15, 0.2) is 0 Å². The van der Waals surface area contributed by atoms with Crippen molar-refractivity contribution in [3.8, 4) is 0 Å². The highest BCUT2D eigenvalue weighted by atomic mass is 16.4. The average molecular weight is 300 g/mol. The van der Waals surface area contributed by atoms with Crippen molar-refractivity contribution in [2.24, 2.45) is 11.8 Å². The van der Waals surface area contributed by atoms with E-state index in [1.807, 2.05) is 13.8 Å². The Morgan fingerprint density at radius 2 is 1.90 bits per heavy atom. The van der Waals surface area contributed by atoms with Crippen LogP contribution in [0.15, 0.2) is 0 Å². The molecule has 1 aliphatic rings. The van der Waals surface area contributed by atoms with E-state index in [4.69, 9.17) is 5.11 Å². The van der Waals surface area contributed by atoms with Gasteiger partial charge < -0.3 is 20.4 Å². The van der Waals surface area contributed by atoms with Gasteiger partial charge in [0.05, 0.1) is 18.1 Å². The van der Waals surface area contributed by atoms with E-state index in [-0.39, 0.29) is 24.5 Å². The van der Waals surface area contributed by atoms with Gasteiger partial charge in [0.25, 0.3) is 0 Å². The normalized spacial score (nSPS) is 23.7. The predicted molar refractivity (Wildman–Crippen MR) is 80.0 cm³/mol. The molecule has 6 heteroatoms. The van der Waals surface area contributed by atoms with Crippen LogP contribution >= 0.6 is 0 Å². The molecule has 6 nitrogen and oxygen atoms in total. The quantitative estimate of drug-likeness (QED) is 0.696. The van der Waals surface area contributed by atoms with E-state index in [0.29, 0.717) is 12.8 Å². The minimum Gasteiger partial charge on any atom is -0.481 e. The van der Waals surface area contributed by atoms with Crippen LogP contribution in [0.1, 0.15) is 46.0 Å². The Labute approximate surface area is 126 Å². The van der Waals surface area contributed by atoms with Crippen molar-refractivity contribution in [2.75, 3.05) is 13.6 Å². The van der Waals surface area contributed by atoms with E-state index in [9.17, 15) is 14.7 Å². The molecule has 0 aromatic heterocycles. The summed E-state index contributed by atoms with van der Waals surface area (Å²) < 4.78 is 0. The summed E-state index contributed by atoms with van der Waals surface area (Å²) in [5, 5.41) is 21.8. The number of urea groups is 1. The Morgan fingerprint density at radius 3 is 2.43 bits per heavy atom. The van der Waals surface area contributed by atoms with E-state index in [1.165, 1.54) is 4.90 Å². The van der Waals surface area contributed by atoms with Crippen LogP contribution in [0.25, 0.3) is 0 Å². The first-order valence-electron chi connectivity index (χ1n) is 7.74. The van der Waals surface area contributed by atoms with Crippen LogP contribution in [0.5, 0.6) is 0 Å². The van der Waals surface area contributed by atoms with Crippen molar-refractivity contribution < 1.29 is 19.8 Å². The van der Waals surface area contributed by atoms with Crippen LogP contribution in [-0.2, 0) is 4.79 Å². The number of hydrogen-bond acceptors (Lipinski definition) is 3. The maximum Gasteiger partial charge on any atom is 0.317 e. The Bertz CT molecular complexity index is 360. The number of carboxylic acid groups (broad SMARTS) is 1. The zero-order valence-corrected chi connectivity index (χ0v) is 13.2. The zero-order chi connectivity index (χ0) is 16.0. The summed E-state index contributed by atoms with van der Waals surface area (Å²) >= 11 is 0. The first kappa shape index (κ1) is 17.8. The van der Waals surface area contributed by atoms with Crippen molar-refractivity contribution in [2.45, 2.75) is 58.1 Å². The highest BCUT2D eigenvalue weighted by Gasteiger charge is 2.30. The molecule has 0 aromatic rings. The maximum atomic E-state index is 12.1. The number of likely N-dealkylation sites (N-methyl/N-ethyl adjacent to an activating group) is 1. The minimum absolute atomic E-state index is 0.125. The second kappa shape index (κ2) is 8.22. The standard InChI is InChI=1S/C15H28N2O4/c1-10(2)8-11(14(19)20)9-16-15(21)17(3)12-6-4-5-7-13(12)18/h10-13,18H,4-9H2,1-3H3,(H,16,21)(H,19,20). The van der Waals surface area contributed by atoms with Gasteiger partial charge in [0.1, 0.15) is 0 Å². The second-order valence-corrected chi connectivity index (χ2v) is 6.38. The number of aliphatic hydroxyl groups excluding tert-OH is 1. The summed E-state index contributed by atoms with van der Waals surface area (Å²) in [5.41, 5.74) is 0. The lowest BCUT2D eigenvalue weighted by molar-refractivity contribution is -0.142. The molecule has 3 atom stereocenters. The molecule has 1 rings (SSSR count). The number of carbonyl (C=O) groups excluding carboxylic acids is 1. The molecule has 0 heterocycles. The fraction of sp³-hybridized carbons (Fsp3) is 0.867. The summed E-state index contributed by atoms with van der Waals surface area (Å²) in [5.74, 6) is -1.19. The summed E-state index contributed by atoms with van der Waals surface area (Å²) in [7, 11) is 1.66. The summed E-state index contributed by atoms with van der Waals surface area (Å²) in [6.45, 7) is 4.05. The molecule has 0 aromatic carbocycles. The number of hydrogen-bond donors (Lipinski definition) is 3. The molecule has 0 saturated heterocycles. The third-order valence-electron chi connectivity index (χ3n) is 4.12. The summed E-state index contributed by atoms with van der Waals surface area (Å²) in [6.07, 6.45) is 3.55. The number of amides is 2. The number of aliphatic hydroxyl groups is 1. The van der Waals surface area contributed by atoms with Gasteiger partial charge >= 0.3 is 12.0 Å². The van der Waals surface area contributed by atoms with E-state index in [0.717, 1.165) is 19.3 Å². The molecule has 0 radical (unpaired) electrons. The molecule has 3 N–H and O–H groups in total. The Hall–Kier alpha value is -1.30. The topological polar surface area (TPSA) is 89.9 Å². The summed E-state index contributed by atoms with van der Waals surface area (Å²) in [6, 6.07) is -0.483. The zero-order valence-electron chi connectivity index (χ0n) is 13.2. The van der Waals surface area contributed by atoms with Crippen molar-refractivity contribution in [3.63, 3.8) is 0 Å². The third kappa shape index (κ3) is 5.53. The van der Waals surface area contributed by atoms with Crippen molar-refractivity contribution >= 4 is 12.0 Å². The van der Waals surface area contributed by atoms with Crippen molar-refractivity contribution in [1.29, 1.82) is 0 Å². The number of aliphatic carboxylic acids is 1. The van der Waals surface area contributed by atoms with E-state index >= 15 is 0 Å². The lowest BCUT2D eigenvalue weighted by Gasteiger charge is -2.35. The molecule has 1 aliphatic carbocycles. The van der Waals surface area contributed by atoms with Crippen LogP contribution in [0.4, 0.5) is 4.79 Å². The van der Waals surface area contributed by atoms with Gasteiger partial charge in [0.2, 0.25) is 0 Å². The van der Waals surface area contributed by atoms with Crippen molar-refractivity contribution in [3.05, 3.63) is 0 Å². The molecule has 0 spiro atoms. The highest BCUT2D eigenvalue weighted by molar-refractivity contribution is 5.76. The molecular formula is C15H28N2O4. The van der Waals surface area contributed by atoms with Gasteiger partial charge in [-0.2, -0.15) is 0 Å². The monoisotopic (exact) mass is 300 g/mol. The van der Waals surface area contributed by atoms with Gasteiger partial charge in [-0.25, -0.2) is 4.79 Å². The fourth-order valence-corrected chi connectivity index (χ4v) is 2.87. The van der Waals surface area contributed by atoms with E-state index in [2.05, 4.69) is 5.32 Å². The minimum atomic E-state index is -0.885.